The molecule has 0 radical (unpaired) electrons. The van der Waals surface area contributed by atoms with Crippen LogP contribution in [0, 0.1) is 0 Å². The molecule has 3 aromatic rings. The molecule has 21 heavy (non-hydrogen) atoms. The van der Waals surface area contributed by atoms with E-state index in [9.17, 15) is 0 Å². The average Bonchev–Trinajstić information content (AvgIpc) is 2.51. The van der Waals surface area contributed by atoms with Crippen LogP contribution in [0.3, 0.4) is 0 Å². The highest BCUT2D eigenvalue weighted by Gasteiger charge is 2.09. The van der Waals surface area contributed by atoms with E-state index in [0.29, 0.717) is 16.0 Å². The first-order chi connectivity index (χ1) is 10.2. The Bertz CT molecular complexity index is 760. The Kier molecular flexibility index (Phi) is 4.04. The summed E-state index contributed by atoms with van der Waals surface area (Å²) in [5, 5.41) is 4.14. The van der Waals surface area contributed by atoms with Gasteiger partial charge in [-0.3, -0.25) is 0 Å². The number of benzene rings is 2. The zero-order chi connectivity index (χ0) is 14.7. The molecule has 0 aliphatic carbocycles. The molecule has 2 aromatic carbocycles. The minimum Gasteiger partial charge on any atom is -0.324 e. The van der Waals surface area contributed by atoms with E-state index in [1.807, 2.05) is 42.5 Å². The molecule has 1 heterocycles. The van der Waals surface area contributed by atoms with Gasteiger partial charge in [-0.05, 0) is 24.3 Å². The quantitative estimate of drug-likeness (QED) is 0.722. The van der Waals surface area contributed by atoms with Crippen molar-refractivity contribution < 1.29 is 0 Å². The van der Waals surface area contributed by atoms with Gasteiger partial charge < -0.3 is 5.32 Å². The molecule has 0 fully saturated rings. The maximum absolute atomic E-state index is 6.23. The largest absolute Gasteiger partial charge is 0.324 e. The van der Waals surface area contributed by atoms with Crippen LogP contribution in [0.25, 0.3) is 11.3 Å². The van der Waals surface area contributed by atoms with Gasteiger partial charge >= 0.3 is 0 Å². The van der Waals surface area contributed by atoms with Crippen molar-refractivity contribution in [3.63, 3.8) is 0 Å². The fourth-order valence-corrected chi connectivity index (χ4v) is 2.32. The Morgan fingerprint density at radius 1 is 0.857 bits per heavy atom. The van der Waals surface area contributed by atoms with Gasteiger partial charge in [0.05, 0.1) is 15.7 Å². The highest BCUT2D eigenvalue weighted by atomic mass is 35.5. The third-order valence-corrected chi connectivity index (χ3v) is 3.73. The van der Waals surface area contributed by atoms with Gasteiger partial charge in [0.2, 0.25) is 5.95 Å². The average molecular weight is 316 g/mol. The van der Waals surface area contributed by atoms with Gasteiger partial charge in [0, 0.05) is 17.4 Å². The lowest BCUT2D eigenvalue weighted by Gasteiger charge is -2.08. The highest BCUT2D eigenvalue weighted by molar-refractivity contribution is 6.43. The van der Waals surface area contributed by atoms with E-state index in [0.717, 1.165) is 16.9 Å². The lowest BCUT2D eigenvalue weighted by Crippen LogP contribution is -1.97. The molecular weight excluding hydrogens is 305 g/mol. The summed E-state index contributed by atoms with van der Waals surface area (Å²) >= 11 is 12.3. The van der Waals surface area contributed by atoms with Crippen LogP contribution in [-0.4, -0.2) is 9.97 Å². The molecule has 0 atom stereocenters. The van der Waals surface area contributed by atoms with Crippen molar-refractivity contribution in [1.29, 1.82) is 0 Å². The SMILES string of the molecule is Clc1cccc(-c2ccnc(Nc3ccccc3)n2)c1Cl. The van der Waals surface area contributed by atoms with Crippen molar-refractivity contribution in [3.05, 3.63) is 70.8 Å². The van der Waals surface area contributed by atoms with E-state index >= 15 is 0 Å². The first-order valence-corrected chi connectivity index (χ1v) is 7.09. The number of hydrogen-bond donors (Lipinski definition) is 1. The molecule has 0 aliphatic heterocycles. The molecule has 3 rings (SSSR count). The van der Waals surface area contributed by atoms with Crippen molar-refractivity contribution in [2.24, 2.45) is 0 Å². The summed E-state index contributed by atoms with van der Waals surface area (Å²) in [7, 11) is 0. The van der Waals surface area contributed by atoms with Crippen LogP contribution in [0.15, 0.2) is 60.8 Å². The molecule has 1 N–H and O–H groups in total. The predicted molar refractivity (Wildman–Crippen MR) is 87.2 cm³/mol. The van der Waals surface area contributed by atoms with E-state index in [4.69, 9.17) is 23.2 Å². The van der Waals surface area contributed by atoms with Crippen LogP contribution in [0.5, 0.6) is 0 Å². The maximum atomic E-state index is 6.23. The minimum absolute atomic E-state index is 0.489. The third-order valence-electron chi connectivity index (χ3n) is 2.91. The van der Waals surface area contributed by atoms with Gasteiger partial charge in [-0.25, -0.2) is 9.97 Å². The molecule has 0 aliphatic rings. The number of hydrogen-bond acceptors (Lipinski definition) is 3. The van der Waals surface area contributed by atoms with Crippen molar-refractivity contribution in [2.45, 2.75) is 0 Å². The first kappa shape index (κ1) is 13.9. The van der Waals surface area contributed by atoms with Gasteiger partial charge in [-0.2, -0.15) is 0 Å². The number of halogens is 2. The summed E-state index contributed by atoms with van der Waals surface area (Å²) in [5.74, 6) is 0.509. The van der Waals surface area contributed by atoms with Crippen molar-refractivity contribution in [1.82, 2.24) is 9.97 Å². The van der Waals surface area contributed by atoms with Gasteiger partial charge in [0.15, 0.2) is 0 Å². The maximum Gasteiger partial charge on any atom is 0.227 e. The number of aromatic nitrogens is 2. The molecule has 0 amide bonds. The first-order valence-electron chi connectivity index (χ1n) is 6.33. The molecular formula is C16H11Cl2N3. The minimum atomic E-state index is 0.489. The summed E-state index contributed by atoms with van der Waals surface area (Å²) in [5.41, 5.74) is 2.42. The zero-order valence-corrected chi connectivity index (χ0v) is 12.4. The number of nitrogens with zero attached hydrogens (tertiary/aromatic N) is 2. The molecule has 5 heteroatoms. The van der Waals surface area contributed by atoms with Gasteiger partial charge in [-0.15, -0.1) is 0 Å². The highest BCUT2D eigenvalue weighted by Crippen LogP contribution is 2.32. The lowest BCUT2D eigenvalue weighted by molar-refractivity contribution is 1.17. The van der Waals surface area contributed by atoms with Crippen LogP contribution in [0.2, 0.25) is 10.0 Å². The number of nitrogens with one attached hydrogen (secondary N) is 1. The Morgan fingerprint density at radius 3 is 2.48 bits per heavy atom. The molecule has 0 spiro atoms. The molecule has 0 saturated carbocycles. The predicted octanol–water partition coefficient (Wildman–Crippen LogP) is 5.19. The Hall–Kier alpha value is -2.10. The van der Waals surface area contributed by atoms with Crippen molar-refractivity contribution >= 4 is 34.8 Å². The normalized spacial score (nSPS) is 10.4. The van der Waals surface area contributed by atoms with Crippen LogP contribution >= 0.6 is 23.2 Å². The summed E-state index contributed by atoms with van der Waals surface area (Å²) in [6, 6.07) is 17.0. The second kappa shape index (κ2) is 6.12. The Labute approximate surface area is 132 Å². The van der Waals surface area contributed by atoms with Crippen LogP contribution in [0.1, 0.15) is 0 Å². The van der Waals surface area contributed by atoms with Crippen molar-refractivity contribution in [3.8, 4) is 11.3 Å². The van der Waals surface area contributed by atoms with E-state index in [2.05, 4.69) is 15.3 Å². The van der Waals surface area contributed by atoms with Gasteiger partial charge in [0.25, 0.3) is 0 Å². The summed E-state index contributed by atoms with van der Waals surface area (Å²) in [6.07, 6.45) is 1.69. The second-order valence-corrected chi connectivity index (χ2v) is 5.14. The third kappa shape index (κ3) is 3.15. The Morgan fingerprint density at radius 2 is 1.67 bits per heavy atom. The van der Waals surface area contributed by atoms with E-state index in [1.165, 1.54) is 0 Å². The number of para-hydroxylation sites is 1. The summed E-state index contributed by atoms with van der Waals surface area (Å²) in [4.78, 5) is 8.69. The van der Waals surface area contributed by atoms with Gasteiger partial charge in [0.1, 0.15) is 0 Å². The van der Waals surface area contributed by atoms with E-state index in [1.54, 1.807) is 18.3 Å². The van der Waals surface area contributed by atoms with Crippen LogP contribution < -0.4 is 5.32 Å². The molecule has 3 nitrogen and oxygen atoms in total. The second-order valence-electron chi connectivity index (χ2n) is 4.36. The monoisotopic (exact) mass is 315 g/mol. The topological polar surface area (TPSA) is 37.8 Å². The van der Waals surface area contributed by atoms with E-state index in [-0.39, 0.29) is 0 Å². The smallest absolute Gasteiger partial charge is 0.227 e. The molecule has 1 aromatic heterocycles. The standard InChI is InChI=1S/C16H11Cl2N3/c17-13-8-4-7-12(15(13)18)14-9-10-19-16(21-14)20-11-5-2-1-3-6-11/h1-10H,(H,19,20,21). The number of anilines is 2. The number of rotatable bonds is 3. The lowest BCUT2D eigenvalue weighted by atomic mass is 10.1. The molecule has 104 valence electrons. The molecule has 0 saturated heterocycles. The fraction of sp³-hybridized carbons (Fsp3) is 0. The molecule has 0 unspecified atom stereocenters. The Balaban J connectivity index is 1.95. The molecule has 0 bridgehead atoms. The fourth-order valence-electron chi connectivity index (χ4n) is 1.92. The zero-order valence-electron chi connectivity index (χ0n) is 10.9. The van der Waals surface area contributed by atoms with E-state index < -0.39 is 0 Å². The van der Waals surface area contributed by atoms with Crippen molar-refractivity contribution in [2.75, 3.05) is 5.32 Å². The summed E-state index contributed by atoms with van der Waals surface area (Å²) in [6.45, 7) is 0. The van der Waals surface area contributed by atoms with Gasteiger partial charge in [-0.1, -0.05) is 53.5 Å². The summed E-state index contributed by atoms with van der Waals surface area (Å²) < 4.78 is 0. The van der Waals surface area contributed by atoms with Crippen LogP contribution in [-0.2, 0) is 0 Å². The van der Waals surface area contributed by atoms with Crippen LogP contribution in [0.4, 0.5) is 11.6 Å².